The second-order valence-corrected chi connectivity index (χ2v) is 7.00. The average molecular weight is 378 g/mol. The molecule has 27 heavy (non-hydrogen) atoms. The number of halogens is 4. The van der Waals surface area contributed by atoms with Crippen molar-refractivity contribution in [1.29, 1.82) is 0 Å². The molecule has 0 atom stereocenters. The summed E-state index contributed by atoms with van der Waals surface area (Å²) in [6, 6.07) is 10.00. The molecule has 4 rings (SSSR count). The van der Waals surface area contributed by atoms with E-state index in [4.69, 9.17) is 0 Å². The first-order valence-electron chi connectivity index (χ1n) is 8.86. The SMILES string of the molecule is O=C(N1Cc2ccc(-c3ccc(F)cc3N3CCCC3)cc2C1)C(F)(F)F. The summed E-state index contributed by atoms with van der Waals surface area (Å²) in [5, 5.41) is 0. The zero-order valence-corrected chi connectivity index (χ0v) is 14.5. The largest absolute Gasteiger partial charge is 0.471 e. The highest BCUT2D eigenvalue weighted by atomic mass is 19.4. The van der Waals surface area contributed by atoms with Crippen LogP contribution >= 0.6 is 0 Å². The van der Waals surface area contributed by atoms with Crippen molar-refractivity contribution >= 4 is 11.6 Å². The van der Waals surface area contributed by atoms with Gasteiger partial charge in [-0.25, -0.2) is 4.39 Å². The smallest absolute Gasteiger partial charge is 0.371 e. The van der Waals surface area contributed by atoms with Crippen LogP contribution in [0.15, 0.2) is 36.4 Å². The monoisotopic (exact) mass is 378 g/mol. The van der Waals surface area contributed by atoms with Crippen LogP contribution < -0.4 is 4.90 Å². The molecular weight excluding hydrogens is 360 g/mol. The number of anilines is 1. The van der Waals surface area contributed by atoms with Crippen LogP contribution in [0.4, 0.5) is 23.2 Å². The fourth-order valence-electron chi connectivity index (χ4n) is 3.85. The Balaban J connectivity index is 1.66. The van der Waals surface area contributed by atoms with E-state index in [1.807, 2.05) is 12.1 Å². The third-order valence-electron chi connectivity index (χ3n) is 5.18. The van der Waals surface area contributed by atoms with Gasteiger partial charge in [0.2, 0.25) is 0 Å². The van der Waals surface area contributed by atoms with Gasteiger partial charge >= 0.3 is 12.1 Å². The minimum Gasteiger partial charge on any atom is -0.371 e. The van der Waals surface area contributed by atoms with Gasteiger partial charge in [-0.05, 0) is 53.8 Å². The Morgan fingerprint density at radius 2 is 1.63 bits per heavy atom. The number of carbonyl (C=O) groups excluding carboxylic acids is 1. The molecule has 0 radical (unpaired) electrons. The lowest BCUT2D eigenvalue weighted by molar-refractivity contribution is -0.186. The molecule has 2 aromatic rings. The molecule has 0 N–H and O–H groups in total. The van der Waals surface area contributed by atoms with Crippen molar-refractivity contribution in [1.82, 2.24) is 4.90 Å². The molecule has 0 bridgehead atoms. The summed E-state index contributed by atoms with van der Waals surface area (Å²) in [6.07, 6.45) is -2.77. The van der Waals surface area contributed by atoms with Crippen LogP contribution in [0.1, 0.15) is 24.0 Å². The second-order valence-electron chi connectivity index (χ2n) is 7.00. The molecule has 1 fully saturated rings. The van der Waals surface area contributed by atoms with Crippen LogP contribution in [0.3, 0.4) is 0 Å². The molecular formula is C20H18F4N2O. The third-order valence-corrected chi connectivity index (χ3v) is 5.18. The van der Waals surface area contributed by atoms with Crippen LogP contribution in [0.2, 0.25) is 0 Å². The number of hydrogen-bond donors (Lipinski definition) is 0. The molecule has 0 spiro atoms. The molecule has 0 aliphatic carbocycles. The van der Waals surface area contributed by atoms with Crippen LogP contribution in [0.5, 0.6) is 0 Å². The molecule has 0 saturated carbocycles. The number of carbonyl (C=O) groups is 1. The average Bonchev–Trinajstić information content (AvgIpc) is 3.29. The fraction of sp³-hybridized carbons (Fsp3) is 0.350. The first-order valence-corrected chi connectivity index (χ1v) is 8.86. The third kappa shape index (κ3) is 3.38. The van der Waals surface area contributed by atoms with E-state index in [2.05, 4.69) is 4.90 Å². The second kappa shape index (κ2) is 6.55. The van der Waals surface area contributed by atoms with Crippen molar-refractivity contribution in [2.45, 2.75) is 32.1 Å². The van der Waals surface area contributed by atoms with Gasteiger partial charge in [-0.1, -0.05) is 12.1 Å². The van der Waals surface area contributed by atoms with Crippen LogP contribution in [0, 0.1) is 5.82 Å². The van der Waals surface area contributed by atoms with E-state index >= 15 is 0 Å². The van der Waals surface area contributed by atoms with Crippen LogP contribution in [0.25, 0.3) is 11.1 Å². The summed E-state index contributed by atoms with van der Waals surface area (Å²) < 4.78 is 51.9. The van der Waals surface area contributed by atoms with E-state index in [9.17, 15) is 22.4 Å². The first-order chi connectivity index (χ1) is 12.8. The van der Waals surface area contributed by atoms with Gasteiger partial charge in [-0.2, -0.15) is 13.2 Å². The van der Waals surface area contributed by atoms with Crippen molar-refractivity contribution in [2.24, 2.45) is 0 Å². The molecule has 142 valence electrons. The summed E-state index contributed by atoms with van der Waals surface area (Å²) in [6.45, 7) is 1.60. The molecule has 3 nitrogen and oxygen atoms in total. The summed E-state index contributed by atoms with van der Waals surface area (Å²) in [5.41, 5.74) is 3.87. The summed E-state index contributed by atoms with van der Waals surface area (Å²) in [7, 11) is 0. The zero-order valence-electron chi connectivity index (χ0n) is 14.5. The Morgan fingerprint density at radius 1 is 0.926 bits per heavy atom. The van der Waals surface area contributed by atoms with E-state index in [-0.39, 0.29) is 18.9 Å². The van der Waals surface area contributed by atoms with Gasteiger partial charge in [0.05, 0.1) is 0 Å². The van der Waals surface area contributed by atoms with Crippen molar-refractivity contribution in [3.05, 3.63) is 53.3 Å². The van der Waals surface area contributed by atoms with Crippen molar-refractivity contribution < 1.29 is 22.4 Å². The Bertz CT molecular complexity index is 888. The molecule has 0 unspecified atom stereocenters. The Labute approximate surface area is 154 Å². The normalized spacial score (nSPS) is 16.7. The predicted molar refractivity (Wildman–Crippen MR) is 93.6 cm³/mol. The quantitative estimate of drug-likeness (QED) is 0.719. The topological polar surface area (TPSA) is 23.6 Å². The lowest BCUT2D eigenvalue weighted by atomic mass is 9.98. The minimum absolute atomic E-state index is 0.0453. The number of hydrogen-bond acceptors (Lipinski definition) is 2. The Kier molecular flexibility index (Phi) is 4.32. The number of fused-ring (bicyclic) bond motifs is 1. The first kappa shape index (κ1) is 17.8. The number of amides is 1. The maximum Gasteiger partial charge on any atom is 0.471 e. The summed E-state index contributed by atoms with van der Waals surface area (Å²) in [5.74, 6) is -2.14. The Morgan fingerprint density at radius 3 is 2.33 bits per heavy atom. The van der Waals surface area contributed by atoms with Gasteiger partial charge in [-0.3, -0.25) is 4.79 Å². The van der Waals surface area contributed by atoms with E-state index in [1.165, 1.54) is 12.1 Å². The number of nitrogens with zero attached hydrogens (tertiary/aromatic N) is 2. The summed E-state index contributed by atoms with van der Waals surface area (Å²) in [4.78, 5) is 14.4. The zero-order chi connectivity index (χ0) is 19.2. The number of alkyl halides is 3. The van der Waals surface area contributed by atoms with Gasteiger partial charge in [0.25, 0.3) is 0 Å². The van der Waals surface area contributed by atoms with Crippen molar-refractivity contribution in [3.63, 3.8) is 0 Å². The molecule has 2 aliphatic heterocycles. The van der Waals surface area contributed by atoms with Gasteiger partial charge in [0, 0.05) is 37.4 Å². The van der Waals surface area contributed by atoms with Gasteiger partial charge in [0.15, 0.2) is 0 Å². The molecule has 1 saturated heterocycles. The molecule has 2 aliphatic rings. The van der Waals surface area contributed by atoms with E-state index in [1.54, 1.807) is 12.1 Å². The number of benzene rings is 2. The maximum atomic E-state index is 13.8. The van der Waals surface area contributed by atoms with Crippen molar-refractivity contribution in [3.8, 4) is 11.1 Å². The highest BCUT2D eigenvalue weighted by Gasteiger charge is 2.44. The van der Waals surface area contributed by atoms with E-state index in [0.717, 1.165) is 47.6 Å². The lowest BCUT2D eigenvalue weighted by Gasteiger charge is -2.22. The van der Waals surface area contributed by atoms with Gasteiger partial charge < -0.3 is 9.80 Å². The molecule has 2 aromatic carbocycles. The Hall–Kier alpha value is -2.57. The molecule has 0 aromatic heterocycles. The molecule has 2 heterocycles. The van der Waals surface area contributed by atoms with E-state index < -0.39 is 12.1 Å². The van der Waals surface area contributed by atoms with Crippen molar-refractivity contribution in [2.75, 3.05) is 18.0 Å². The molecule has 7 heteroatoms. The fourth-order valence-corrected chi connectivity index (χ4v) is 3.85. The standard InChI is InChI=1S/C20H18F4N2O/c21-16-5-6-17(18(10-16)25-7-1-2-8-25)13-3-4-14-11-26(12-15(14)9-13)19(27)20(22,23)24/h3-6,9-10H,1-2,7-8,11-12H2. The molecule has 1 amide bonds. The lowest BCUT2D eigenvalue weighted by Crippen LogP contribution is -2.37. The van der Waals surface area contributed by atoms with Gasteiger partial charge in [-0.15, -0.1) is 0 Å². The number of rotatable bonds is 2. The predicted octanol–water partition coefficient (Wildman–Crippen LogP) is 4.50. The maximum absolute atomic E-state index is 13.8. The summed E-state index contributed by atoms with van der Waals surface area (Å²) >= 11 is 0. The van der Waals surface area contributed by atoms with Crippen LogP contribution in [-0.2, 0) is 17.9 Å². The highest BCUT2D eigenvalue weighted by molar-refractivity contribution is 5.83. The van der Waals surface area contributed by atoms with E-state index in [0.29, 0.717) is 11.1 Å². The highest BCUT2D eigenvalue weighted by Crippen LogP contribution is 2.36. The minimum atomic E-state index is -4.87. The van der Waals surface area contributed by atoms with Crippen LogP contribution in [-0.4, -0.2) is 30.1 Å². The van der Waals surface area contributed by atoms with Gasteiger partial charge in [0.1, 0.15) is 5.82 Å².